The van der Waals surface area contributed by atoms with E-state index in [4.69, 9.17) is 4.74 Å². The first-order valence-electron chi connectivity index (χ1n) is 7.28. The van der Waals surface area contributed by atoms with E-state index in [0.29, 0.717) is 12.3 Å². The van der Waals surface area contributed by atoms with Gasteiger partial charge in [-0.25, -0.2) is 22.2 Å². The van der Waals surface area contributed by atoms with Crippen molar-refractivity contribution >= 4 is 10.0 Å². The maximum Gasteiger partial charge on any atom is 0.232 e. The molecule has 2 aromatic rings. The lowest BCUT2D eigenvalue weighted by molar-refractivity contribution is 0.206. The van der Waals surface area contributed by atoms with Crippen LogP contribution in [0, 0.1) is 11.6 Å². The molecule has 128 valence electrons. The summed E-state index contributed by atoms with van der Waals surface area (Å²) in [5, 5.41) is 0. The van der Waals surface area contributed by atoms with Crippen LogP contribution in [0.2, 0.25) is 0 Å². The van der Waals surface area contributed by atoms with Crippen molar-refractivity contribution in [2.45, 2.75) is 18.3 Å². The first-order valence-corrected chi connectivity index (χ1v) is 8.89. The molecule has 1 aromatic carbocycles. The number of sulfonamides is 1. The van der Waals surface area contributed by atoms with E-state index >= 15 is 0 Å². The van der Waals surface area contributed by atoms with Gasteiger partial charge in [0.15, 0.2) is 0 Å². The van der Waals surface area contributed by atoms with E-state index in [1.54, 1.807) is 0 Å². The highest BCUT2D eigenvalue weighted by molar-refractivity contribution is 7.88. The predicted molar refractivity (Wildman–Crippen MR) is 81.6 cm³/mol. The lowest BCUT2D eigenvalue weighted by Crippen LogP contribution is -2.32. The average Bonchev–Trinajstić information content (AvgIpc) is 3.01. The molecule has 1 aliphatic heterocycles. The molecule has 0 aliphatic carbocycles. The lowest BCUT2D eigenvalue weighted by Gasteiger charge is -2.17. The minimum Gasteiger partial charge on any atom is -0.472 e. The number of ether oxygens (including phenoxy) is 1. The van der Waals surface area contributed by atoms with Gasteiger partial charge in [0.05, 0.1) is 18.5 Å². The van der Waals surface area contributed by atoms with Crippen LogP contribution in [0.25, 0.3) is 0 Å². The number of halogens is 2. The molecule has 9 heteroatoms. The van der Waals surface area contributed by atoms with Gasteiger partial charge in [-0.15, -0.1) is 0 Å². The average molecular weight is 355 g/mol. The molecule has 1 saturated heterocycles. The molecule has 0 spiro atoms. The van der Waals surface area contributed by atoms with E-state index in [-0.39, 0.29) is 24.8 Å². The molecule has 2 heterocycles. The zero-order valence-electron chi connectivity index (χ0n) is 12.6. The van der Waals surface area contributed by atoms with Gasteiger partial charge in [-0.2, -0.15) is 4.31 Å². The largest absolute Gasteiger partial charge is 0.472 e. The van der Waals surface area contributed by atoms with Gasteiger partial charge in [-0.3, -0.25) is 4.98 Å². The number of nitrogens with zero attached hydrogens (tertiary/aromatic N) is 3. The van der Waals surface area contributed by atoms with Gasteiger partial charge in [-0.1, -0.05) is 0 Å². The molecular weight excluding hydrogens is 340 g/mol. The van der Waals surface area contributed by atoms with Crippen molar-refractivity contribution in [1.82, 2.24) is 14.3 Å². The highest BCUT2D eigenvalue weighted by Crippen LogP contribution is 2.22. The summed E-state index contributed by atoms with van der Waals surface area (Å²) >= 11 is 0. The SMILES string of the molecule is O=S(=O)(Cc1cc(F)ccc1F)N1CCC(Oc2cnccn2)C1. The van der Waals surface area contributed by atoms with E-state index < -0.39 is 27.4 Å². The van der Waals surface area contributed by atoms with Crippen LogP contribution in [-0.2, 0) is 15.8 Å². The first-order chi connectivity index (χ1) is 11.4. The Morgan fingerprint density at radius 1 is 1.29 bits per heavy atom. The molecule has 3 rings (SSSR count). The number of hydrogen-bond acceptors (Lipinski definition) is 5. The van der Waals surface area contributed by atoms with E-state index in [9.17, 15) is 17.2 Å². The second-order valence-electron chi connectivity index (χ2n) is 5.42. The molecule has 0 radical (unpaired) electrons. The Labute approximate surface area is 138 Å². The van der Waals surface area contributed by atoms with Crippen molar-refractivity contribution in [1.29, 1.82) is 0 Å². The molecule has 0 amide bonds. The van der Waals surface area contributed by atoms with Gasteiger partial charge < -0.3 is 4.74 Å². The smallest absolute Gasteiger partial charge is 0.232 e. The van der Waals surface area contributed by atoms with E-state index in [1.807, 2.05) is 0 Å². The fourth-order valence-electron chi connectivity index (χ4n) is 2.51. The number of rotatable bonds is 5. The molecule has 1 fully saturated rings. The second-order valence-corrected chi connectivity index (χ2v) is 7.39. The van der Waals surface area contributed by atoms with Crippen LogP contribution in [0.5, 0.6) is 5.88 Å². The zero-order valence-corrected chi connectivity index (χ0v) is 13.4. The number of benzene rings is 1. The van der Waals surface area contributed by atoms with Crippen LogP contribution in [0.15, 0.2) is 36.8 Å². The highest BCUT2D eigenvalue weighted by atomic mass is 32.2. The first kappa shape index (κ1) is 16.7. The molecule has 24 heavy (non-hydrogen) atoms. The van der Waals surface area contributed by atoms with Gasteiger partial charge in [0.25, 0.3) is 0 Å². The van der Waals surface area contributed by atoms with Gasteiger partial charge in [-0.05, 0) is 24.6 Å². The molecule has 0 saturated carbocycles. The molecule has 1 aliphatic rings. The van der Waals surface area contributed by atoms with Crippen molar-refractivity contribution < 1.29 is 21.9 Å². The second kappa shape index (κ2) is 6.78. The van der Waals surface area contributed by atoms with Gasteiger partial charge >= 0.3 is 0 Å². The van der Waals surface area contributed by atoms with Crippen LogP contribution in [0.1, 0.15) is 12.0 Å². The van der Waals surface area contributed by atoms with Crippen molar-refractivity contribution in [3.05, 3.63) is 54.0 Å². The van der Waals surface area contributed by atoms with E-state index in [2.05, 4.69) is 9.97 Å². The van der Waals surface area contributed by atoms with Crippen molar-refractivity contribution in [3.8, 4) is 5.88 Å². The third-order valence-electron chi connectivity index (χ3n) is 3.67. The van der Waals surface area contributed by atoms with Gasteiger partial charge in [0, 0.05) is 24.5 Å². The number of hydrogen-bond donors (Lipinski definition) is 0. The van der Waals surface area contributed by atoms with Crippen molar-refractivity contribution in [2.75, 3.05) is 13.1 Å². The highest BCUT2D eigenvalue weighted by Gasteiger charge is 2.33. The summed E-state index contributed by atoms with van der Waals surface area (Å²) < 4.78 is 58.5. The minimum absolute atomic E-state index is 0.135. The maximum atomic E-state index is 13.7. The molecule has 1 aromatic heterocycles. The van der Waals surface area contributed by atoms with Crippen molar-refractivity contribution in [3.63, 3.8) is 0 Å². The fourth-order valence-corrected chi connectivity index (χ4v) is 4.08. The Morgan fingerprint density at radius 3 is 2.88 bits per heavy atom. The Kier molecular flexibility index (Phi) is 4.72. The van der Waals surface area contributed by atoms with Crippen LogP contribution in [0.3, 0.4) is 0 Å². The van der Waals surface area contributed by atoms with Crippen LogP contribution < -0.4 is 4.74 Å². The topological polar surface area (TPSA) is 72.4 Å². The number of aromatic nitrogens is 2. The third kappa shape index (κ3) is 3.85. The minimum atomic E-state index is -3.77. The van der Waals surface area contributed by atoms with Crippen molar-refractivity contribution in [2.24, 2.45) is 0 Å². The summed E-state index contributed by atoms with van der Waals surface area (Å²) in [4.78, 5) is 7.85. The zero-order chi connectivity index (χ0) is 17.2. The third-order valence-corrected chi connectivity index (χ3v) is 5.47. The Hall–Kier alpha value is -2.13. The molecule has 0 N–H and O–H groups in total. The molecule has 0 bridgehead atoms. The maximum absolute atomic E-state index is 13.7. The summed E-state index contributed by atoms with van der Waals surface area (Å²) in [7, 11) is -3.77. The summed E-state index contributed by atoms with van der Waals surface area (Å²) in [6.45, 7) is 0.389. The fraction of sp³-hybridized carbons (Fsp3) is 0.333. The normalized spacial score (nSPS) is 18.7. The van der Waals surface area contributed by atoms with Crippen LogP contribution in [-0.4, -0.2) is 41.9 Å². The van der Waals surface area contributed by atoms with Crippen LogP contribution >= 0.6 is 0 Å². The van der Waals surface area contributed by atoms with E-state index in [0.717, 1.165) is 18.2 Å². The summed E-state index contributed by atoms with van der Waals surface area (Å²) in [5.41, 5.74) is -0.187. The lowest BCUT2D eigenvalue weighted by atomic mass is 10.2. The Balaban J connectivity index is 1.67. The molecule has 1 atom stereocenters. The van der Waals surface area contributed by atoms with Gasteiger partial charge in [0.1, 0.15) is 17.7 Å². The summed E-state index contributed by atoms with van der Waals surface area (Å²) in [6, 6.07) is 2.77. The monoisotopic (exact) mass is 355 g/mol. The Morgan fingerprint density at radius 2 is 2.12 bits per heavy atom. The summed E-state index contributed by atoms with van der Waals surface area (Å²) in [5.74, 6) is -1.69. The standard InChI is InChI=1S/C15H15F2N3O3S/c16-12-1-2-14(17)11(7-12)10-24(21,22)20-6-3-13(9-20)23-15-8-18-4-5-19-15/h1-2,4-5,7-8,13H,3,6,9-10H2. The molecular formula is C15H15F2N3O3S. The van der Waals surface area contributed by atoms with E-state index in [1.165, 1.54) is 22.9 Å². The van der Waals surface area contributed by atoms with Gasteiger partial charge in [0.2, 0.25) is 15.9 Å². The Bertz CT molecular complexity index is 818. The van der Waals surface area contributed by atoms with Crippen LogP contribution in [0.4, 0.5) is 8.78 Å². The quantitative estimate of drug-likeness (QED) is 0.817. The molecule has 1 unspecified atom stereocenters. The summed E-state index contributed by atoms with van der Waals surface area (Å²) in [6.07, 6.45) is 4.56. The molecule has 6 nitrogen and oxygen atoms in total. The predicted octanol–water partition coefficient (Wildman–Crippen LogP) is 1.74.